The quantitative estimate of drug-likeness (QED) is 0.792. The second-order valence-electron chi connectivity index (χ2n) is 6.76. The largest absolute Gasteiger partial charge is 0.492 e. The molecule has 0 radical (unpaired) electrons. The fourth-order valence-electron chi connectivity index (χ4n) is 3.99. The van der Waals surface area contributed by atoms with Crippen LogP contribution < -0.4 is 4.74 Å². The van der Waals surface area contributed by atoms with Gasteiger partial charge in [0.2, 0.25) is 5.91 Å². The third-order valence-corrected chi connectivity index (χ3v) is 5.47. The molecule has 0 heterocycles. The number of nitrogens with zero attached hydrogens (tertiary/aromatic N) is 1. The molecule has 4 heteroatoms. The van der Waals surface area contributed by atoms with E-state index < -0.39 is 0 Å². The van der Waals surface area contributed by atoms with Crippen LogP contribution in [0.2, 0.25) is 5.02 Å². The van der Waals surface area contributed by atoms with Crippen molar-refractivity contribution in [3.63, 3.8) is 0 Å². The van der Waals surface area contributed by atoms with E-state index in [1.165, 1.54) is 25.7 Å². The van der Waals surface area contributed by atoms with Crippen molar-refractivity contribution in [2.24, 2.45) is 17.8 Å². The number of hydrogen-bond acceptors (Lipinski definition) is 2. The van der Waals surface area contributed by atoms with Gasteiger partial charge in [-0.3, -0.25) is 4.79 Å². The van der Waals surface area contributed by atoms with Gasteiger partial charge in [0.25, 0.3) is 0 Å². The van der Waals surface area contributed by atoms with Crippen LogP contribution in [0.3, 0.4) is 0 Å². The van der Waals surface area contributed by atoms with Crippen LogP contribution in [0.5, 0.6) is 5.75 Å². The van der Waals surface area contributed by atoms with Gasteiger partial charge in [-0.05, 0) is 55.2 Å². The Labute approximate surface area is 137 Å². The number of carbonyl (C=O) groups is 1. The molecule has 120 valence electrons. The summed E-state index contributed by atoms with van der Waals surface area (Å²) in [6.07, 6.45) is 6.07. The van der Waals surface area contributed by atoms with Crippen LogP contribution >= 0.6 is 11.6 Å². The van der Waals surface area contributed by atoms with Gasteiger partial charge in [0.15, 0.2) is 0 Å². The first-order valence-corrected chi connectivity index (χ1v) is 8.62. The number of fused-ring (bicyclic) bond motifs is 2. The maximum atomic E-state index is 12.3. The highest BCUT2D eigenvalue weighted by molar-refractivity contribution is 6.30. The molecule has 0 aromatic heterocycles. The van der Waals surface area contributed by atoms with Gasteiger partial charge in [-0.15, -0.1) is 0 Å². The van der Waals surface area contributed by atoms with Crippen LogP contribution in [-0.2, 0) is 4.79 Å². The maximum absolute atomic E-state index is 12.3. The van der Waals surface area contributed by atoms with Crippen molar-refractivity contribution < 1.29 is 9.53 Å². The fourth-order valence-corrected chi connectivity index (χ4v) is 4.17. The molecule has 2 aliphatic rings. The maximum Gasteiger partial charge on any atom is 0.222 e. The Balaban J connectivity index is 1.40. The molecule has 3 rings (SSSR count). The highest BCUT2D eigenvalue weighted by Gasteiger charge is 2.40. The summed E-state index contributed by atoms with van der Waals surface area (Å²) in [6, 6.07) is 7.35. The van der Waals surface area contributed by atoms with Crippen molar-refractivity contribution in [3.05, 3.63) is 29.3 Å². The number of amides is 1. The Morgan fingerprint density at radius 1 is 1.36 bits per heavy atom. The third-order valence-electron chi connectivity index (χ3n) is 5.24. The van der Waals surface area contributed by atoms with E-state index in [1.54, 1.807) is 11.0 Å². The van der Waals surface area contributed by atoms with Crippen molar-refractivity contribution >= 4 is 17.5 Å². The average molecular weight is 322 g/mol. The van der Waals surface area contributed by atoms with Crippen LogP contribution in [0.1, 0.15) is 32.1 Å². The normalized spacial score (nSPS) is 26.2. The predicted molar refractivity (Wildman–Crippen MR) is 88.1 cm³/mol. The lowest BCUT2D eigenvalue weighted by Gasteiger charge is -2.24. The highest BCUT2D eigenvalue weighted by atomic mass is 35.5. The second kappa shape index (κ2) is 6.91. The molecule has 2 fully saturated rings. The molecule has 3 unspecified atom stereocenters. The van der Waals surface area contributed by atoms with E-state index in [-0.39, 0.29) is 5.91 Å². The number of hydrogen-bond donors (Lipinski definition) is 0. The minimum absolute atomic E-state index is 0.257. The molecule has 2 saturated carbocycles. The molecule has 1 amide bonds. The zero-order chi connectivity index (χ0) is 15.5. The molecule has 22 heavy (non-hydrogen) atoms. The van der Waals surface area contributed by atoms with Crippen molar-refractivity contribution in [2.75, 3.05) is 20.2 Å². The molecule has 1 aromatic rings. The van der Waals surface area contributed by atoms with Crippen LogP contribution in [0.25, 0.3) is 0 Å². The Morgan fingerprint density at radius 2 is 2.23 bits per heavy atom. The Hall–Kier alpha value is -1.22. The zero-order valence-electron chi connectivity index (χ0n) is 13.1. The van der Waals surface area contributed by atoms with E-state index in [1.807, 2.05) is 25.2 Å². The SMILES string of the molecule is CN(CCOc1cccc(Cl)c1)C(=O)CC1CC2CCC1C2. The third kappa shape index (κ3) is 3.75. The minimum atomic E-state index is 0.257. The summed E-state index contributed by atoms with van der Waals surface area (Å²) < 4.78 is 5.65. The molecule has 3 nitrogen and oxygen atoms in total. The lowest BCUT2D eigenvalue weighted by molar-refractivity contribution is -0.131. The van der Waals surface area contributed by atoms with Crippen molar-refractivity contribution in [1.29, 1.82) is 0 Å². The smallest absolute Gasteiger partial charge is 0.222 e. The van der Waals surface area contributed by atoms with Gasteiger partial charge in [-0.1, -0.05) is 24.1 Å². The van der Waals surface area contributed by atoms with E-state index in [0.29, 0.717) is 24.1 Å². The first kappa shape index (κ1) is 15.7. The van der Waals surface area contributed by atoms with Gasteiger partial charge in [-0.2, -0.15) is 0 Å². The Bertz CT molecular complexity index is 534. The summed E-state index contributed by atoms with van der Waals surface area (Å²) in [5, 5.41) is 0.665. The van der Waals surface area contributed by atoms with E-state index in [4.69, 9.17) is 16.3 Å². The van der Waals surface area contributed by atoms with Gasteiger partial charge < -0.3 is 9.64 Å². The summed E-state index contributed by atoms with van der Waals surface area (Å²) in [5.41, 5.74) is 0. The molecule has 2 bridgehead atoms. The van der Waals surface area contributed by atoms with Crippen molar-refractivity contribution in [3.8, 4) is 5.75 Å². The van der Waals surface area contributed by atoms with Gasteiger partial charge in [0.05, 0.1) is 6.54 Å². The van der Waals surface area contributed by atoms with Crippen molar-refractivity contribution in [2.45, 2.75) is 32.1 Å². The lowest BCUT2D eigenvalue weighted by atomic mass is 9.86. The van der Waals surface area contributed by atoms with E-state index in [2.05, 4.69) is 0 Å². The molecule has 3 atom stereocenters. The minimum Gasteiger partial charge on any atom is -0.492 e. The molecule has 0 N–H and O–H groups in total. The molecular formula is C18H24ClNO2. The lowest BCUT2D eigenvalue weighted by Crippen LogP contribution is -2.33. The molecular weight excluding hydrogens is 298 g/mol. The van der Waals surface area contributed by atoms with E-state index >= 15 is 0 Å². The van der Waals surface area contributed by atoms with Crippen LogP contribution in [0.15, 0.2) is 24.3 Å². The molecule has 2 aliphatic carbocycles. The van der Waals surface area contributed by atoms with Crippen molar-refractivity contribution in [1.82, 2.24) is 4.90 Å². The fraction of sp³-hybridized carbons (Fsp3) is 0.611. The first-order chi connectivity index (χ1) is 10.6. The molecule has 1 aromatic carbocycles. The zero-order valence-corrected chi connectivity index (χ0v) is 13.9. The average Bonchev–Trinajstić information content (AvgIpc) is 3.09. The molecule has 0 spiro atoms. The number of rotatable bonds is 6. The van der Waals surface area contributed by atoms with Gasteiger partial charge in [0, 0.05) is 18.5 Å². The summed E-state index contributed by atoms with van der Waals surface area (Å²) in [4.78, 5) is 14.1. The van der Waals surface area contributed by atoms with Crippen LogP contribution in [-0.4, -0.2) is 31.0 Å². The van der Waals surface area contributed by atoms with Gasteiger partial charge in [-0.25, -0.2) is 0 Å². The molecule has 0 saturated heterocycles. The first-order valence-electron chi connectivity index (χ1n) is 8.24. The molecule has 0 aliphatic heterocycles. The number of carbonyl (C=O) groups excluding carboxylic acids is 1. The number of halogens is 1. The van der Waals surface area contributed by atoms with Crippen LogP contribution in [0, 0.1) is 17.8 Å². The summed E-state index contributed by atoms with van der Waals surface area (Å²) in [5.74, 6) is 3.35. The van der Waals surface area contributed by atoms with E-state index in [0.717, 1.165) is 24.0 Å². The summed E-state index contributed by atoms with van der Waals surface area (Å²) in [7, 11) is 1.87. The standard InChI is InChI=1S/C18H24ClNO2/c1-20(7-8-22-17-4-2-3-16(19)12-17)18(21)11-15-10-13-5-6-14(15)9-13/h2-4,12-15H,5-11H2,1H3. The number of likely N-dealkylation sites (N-methyl/N-ethyl adjacent to an activating group) is 1. The monoisotopic (exact) mass is 321 g/mol. The second-order valence-corrected chi connectivity index (χ2v) is 7.20. The number of benzene rings is 1. The number of ether oxygens (including phenoxy) is 1. The topological polar surface area (TPSA) is 29.5 Å². The van der Waals surface area contributed by atoms with Gasteiger partial charge >= 0.3 is 0 Å². The summed E-state index contributed by atoms with van der Waals surface area (Å²) >= 11 is 5.92. The van der Waals surface area contributed by atoms with Crippen LogP contribution in [0.4, 0.5) is 0 Å². The highest BCUT2D eigenvalue weighted by Crippen LogP contribution is 2.49. The van der Waals surface area contributed by atoms with E-state index in [9.17, 15) is 4.79 Å². The summed E-state index contributed by atoms with van der Waals surface area (Å²) in [6.45, 7) is 1.12. The Morgan fingerprint density at radius 3 is 2.91 bits per heavy atom. The van der Waals surface area contributed by atoms with Gasteiger partial charge in [0.1, 0.15) is 12.4 Å². The Kier molecular flexibility index (Phi) is 4.92. The predicted octanol–water partition coefficient (Wildman–Crippen LogP) is 4.00.